The maximum Gasteiger partial charge on any atom is 0.261 e. The maximum atomic E-state index is 12.0. The van der Waals surface area contributed by atoms with E-state index in [1.54, 1.807) is 16.6 Å². The van der Waals surface area contributed by atoms with Gasteiger partial charge in [0, 0.05) is 11.3 Å². The molecular formula is C20H24N4O2S. The van der Waals surface area contributed by atoms with Gasteiger partial charge in [-0.05, 0) is 37.3 Å². The molecule has 0 unspecified atom stereocenters. The minimum Gasteiger partial charge on any atom is -0.280 e. The Labute approximate surface area is 160 Å². The lowest BCUT2D eigenvalue weighted by molar-refractivity contribution is 0.608. The van der Waals surface area contributed by atoms with Crippen LogP contribution >= 0.6 is 0 Å². The molecule has 7 heteroatoms. The van der Waals surface area contributed by atoms with Crippen LogP contribution in [0.1, 0.15) is 26.1 Å². The van der Waals surface area contributed by atoms with Crippen molar-refractivity contribution >= 4 is 21.4 Å². The van der Waals surface area contributed by atoms with E-state index in [9.17, 15) is 8.42 Å². The SMILES string of the molecule is C=CC(=C)S(=O)(=O)Nc1ccc(-c2cccc3nc(C)nn23)cc1.CCC. The number of fused-ring (bicyclic) bond motifs is 1. The van der Waals surface area contributed by atoms with Gasteiger partial charge in [0.2, 0.25) is 0 Å². The molecule has 0 fully saturated rings. The number of anilines is 1. The monoisotopic (exact) mass is 384 g/mol. The Morgan fingerprint density at radius 1 is 1.19 bits per heavy atom. The highest BCUT2D eigenvalue weighted by Gasteiger charge is 2.13. The molecule has 27 heavy (non-hydrogen) atoms. The van der Waals surface area contributed by atoms with Crippen LogP contribution in [0, 0.1) is 6.92 Å². The number of nitrogens with one attached hydrogen (secondary N) is 1. The number of pyridine rings is 1. The van der Waals surface area contributed by atoms with Gasteiger partial charge in [-0.3, -0.25) is 4.72 Å². The Morgan fingerprint density at radius 2 is 1.81 bits per heavy atom. The Hall–Kier alpha value is -2.93. The molecule has 0 aliphatic rings. The number of rotatable bonds is 5. The fraction of sp³-hybridized carbons (Fsp3) is 0.200. The van der Waals surface area contributed by atoms with Gasteiger partial charge in [0.1, 0.15) is 5.82 Å². The summed E-state index contributed by atoms with van der Waals surface area (Å²) in [7, 11) is -3.66. The van der Waals surface area contributed by atoms with Crippen LogP contribution in [0.4, 0.5) is 5.69 Å². The third-order valence-corrected chi connectivity index (χ3v) is 4.83. The lowest BCUT2D eigenvalue weighted by Gasteiger charge is -2.09. The first-order valence-electron chi connectivity index (χ1n) is 8.59. The molecule has 1 aromatic carbocycles. The molecule has 6 nitrogen and oxygen atoms in total. The molecule has 0 aliphatic heterocycles. The van der Waals surface area contributed by atoms with Crippen LogP contribution in [0.25, 0.3) is 16.9 Å². The molecule has 0 amide bonds. The molecule has 3 rings (SSSR count). The second kappa shape index (κ2) is 8.64. The van der Waals surface area contributed by atoms with Crippen LogP contribution in [-0.4, -0.2) is 23.0 Å². The van der Waals surface area contributed by atoms with Crippen LogP contribution in [0.2, 0.25) is 0 Å². The Kier molecular flexibility index (Phi) is 6.52. The summed E-state index contributed by atoms with van der Waals surface area (Å²) in [6.45, 7) is 13.0. The third kappa shape index (κ3) is 4.83. The zero-order valence-corrected chi connectivity index (χ0v) is 16.6. The molecule has 0 atom stereocenters. The Bertz CT molecular complexity index is 1050. The normalized spacial score (nSPS) is 10.8. The summed E-state index contributed by atoms with van der Waals surface area (Å²) >= 11 is 0. The lowest BCUT2D eigenvalue weighted by atomic mass is 10.1. The first-order valence-corrected chi connectivity index (χ1v) is 10.1. The number of sulfonamides is 1. The van der Waals surface area contributed by atoms with Crippen molar-refractivity contribution < 1.29 is 8.42 Å². The van der Waals surface area contributed by atoms with Gasteiger partial charge in [0.05, 0.1) is 10.6 Å². The molecule has 2 heterocycles. The average Bonchev–Trinajstić information content (AvgIpc) is 3.02. The van der Waals surface area contributed by atoms with E-state index in [-0.39, 0.29) is 4.91 Å². The quantitative estimate of drug-likeness (QED) is 0.654. The van der Waals surface area contributed by atoms with Crippen LogP contribution < -0.4 is 4.72 Å². The molecule has 0 aliphatic carbocycles. The number of allylic oxidation sites excluding steroid dienone is 1. The van der Waals surface area contributed by atoms with Crippen LogP contribution in [-0.2, 0) is 10.0 Å². The zero-order chi connectivity index (χ0) is 20.0. The molecule has 1 N–H and O–H groups in total. The van der Waals surface area contributed by atoms with Crippen molar-refractivity contribution in [1.29, 1.82) is 0 Å². The average molecular weight is 385 g/mol. The van der Waals surface area contributed by atoms with Crippen molar-refractivity contribution in [2.45, 2.75) is 27.2 Å². The molecule has 2 aromatic heterocycles. The largest absolute Gasteiger partial charge is 0.280 e. The predicted octanol–water partition coefficient (Wildman–Crippen LogP) is 4.56. The van der Waals surface area contributed by atoms with Crippen molar-refractivity contribution in [3.05, 3.63) is 72.4 Å². The fourth-order valence-electron chi connectivity index (χ4n) is 2.27. The van der Waals surface area contributed by atoms with Gasteiger partial charge in [0.15, 0.2) is 5.65 Å². The van der Waals surface area contributed by atoms with Gasteiger partial charge in [-0.15, -0.1) is 0 Å². The number of aryl methyl sites for hydroxylation is 1. The third-order valence-electron chi connectivity index (χ3n) is 3.47. The van der Waals surface area contributed by atoms with E-state index in [2.05, 4.69) is 41.8 Å². The molecule has 3 aromatic rings. The van der Waals surface area contributed by atoms with E-state index in [0.717, 1.165) is 16.9 Å². The number of benzene rings is 1. The highest BCUT2D eigenvalue weighted by atomic mass is 32.2. The smallest absolute Gasteiger partial charge is 0.261 e. The summed E-state index contributed by atoms with van der Waals surface area (Å²) in [5.41, 5.74) is 2.98. The molecule has 0 bridgehead atoms. The number of aromatic nitrogens is 3. The second-order valence-electron chi connectivity index (χ2n) is 5.90. The topological polar surface area (TPSA) is 76.4 Å². The maximum absolute atomic E-state index is 12.0. The summed E-state index contributed by atoms with van der Waals surface area (Å²) in [5, 5.41) is 4.38. The molecular weight excluding hydrogens is 360 g/mol. The van der Waals surface area contributed by atoms with Crippen molar-refractivity contribution in [3.63, 3.8) is 0 Å². The summed E-state index contributed by atoms with van der Waals surface area (Å²) < 4.78 is 28.1. The highest BCUT2D eigenvalue weighted by Crippen LogP contribution is 2.23. The number of nitrogens with zero attached hydrogens (tertiary/aromatic N) is 3. The fourth-order valence-corrected chi connectivity index (χ4v) is 3.07. The van der Waals surface area contributed by atoms with Crippen LogP contribution in [0.3, 0.4) is 0 Å². The second-order valence-corrected chi connectivity index (χ2v) is 7.64. The van der Waals surface area contributed by atoms with E-state index >= 15 is 0 Å². The zero-order valence-electron chi connectivity index (χ0n) is 15.8. The molecule has 142 valence electrons. The first-order chi connectivity index (χ1) is 12.8. The van der Waals surface area contributed by atoms with Gasteiger partial charge < -0.3 is 0 Å². The standard InChI is InChI=1S/C17H16N4O2S.C3H8/c1-4-12(2)24(22,23)20-15-10-8-14(9-11-15)16-6-5-7-17-18-13(3)19-21(16)17;1-3-2/h4-11,20H,1-2H2,3H3;3H2,1-2H3. The lowest BCUT2D eigenvalue weighted by Crippen LogP contribution is -2.13. The molecule has 0 saturated carbocycles. The van der Waals surface area contributed by atoms with E-state index in [4.69, 9.17) is 0 Å². The minimum absolute atomic E-state index is 0.0746. The van der Waals surface area contributed by atoms with Gasteiger partial charge in [-0.1, -0.05) is 51.6 Å². The van der Waals surface area contributed by atoms with E-state index < -0.39 is 10.0 Å². The summed E-state index contributed by atoms with van der Waals surface area (Å²) in [4.78, 5) is 4.26. The van der Waals surface area contributed by atoms with E-state index in [1.807, 2.05) is 37.3 Å². The Morgan fingerprint density at radius 3 is 2.41 bits per heavy atom. The van der Waals surface area contributed by atoms with Crippen molar-refractivity contribution in [2.24, 2.45) is 0 Å². The number of hydrogen-bond donors (Lipinski definition) is 1. The molecule has 0 spiro atoms. The number of hydrogen-bond acceptors (Lipinski definition) is 4. The van der Waals surface area contributed by atoms with Gasteiger partial charge in [0.25, 0.3) is 10.0 Å². The summed E-state index contributed by atoms with van der Waals surface area (Å²) in [6, 6.07) is 12.7. The first kappa shape index (κ1) is 20.4. The van der Waals surface area contributed by atoms with Gasteiger partial charge in [-0.2, -0.15) is 5.10 Å². The molecule has 0 radical (unpaired) electrons. The molecule has 0 saturated heterocycles. The van der Waals surface area contributed by atoms with Crippen LogP contribution in [0.15, 0.2) is 66.6 Å². The summed E-state index contributed by atoms with van der Waals surface area (Å²) in [5.74, 6) is 0.690. The predicted molar refractivity (Wildman–Crippen MR) is 111 cm³/mol. The van der Waals surface area contributed by atoms with Crippen molar-refractivity contribution in [3.8, 4) is 11.3 Å². The van der Waals surface area contributed by atoms with E-state index in [0.29, 0.717) is 11.5 Å². The highest BCUT2D eigenvalue weighted by molar-refractivity contribution is 7.96. The van der Waals surface area contributed by atoms with Gasteiger partial charge >= 0.3 is 0 Å². The van der Waals surface area contributed by atoms with Gasteiger partial charge in [-0.25, -0.2) is 17.9 Å². The van der Waals surface area contributed by atoms with Crippen molar-refractivity contribution in [2.75, 3.05) is 4.72 Å². The van der Waals surface area contributed by atoms with Crippen molar-refractivity contribution in [1.82, 2.24) is 14.6 Å². The summed E-state index contributed by atoms with van der Waals surface area (Å²) in [6.07, 6.45) is 2.45. The Balaban J connectivity index is 0.000000817. The minimum atomic E-state index is -3.66. The van der Waals surface area contributed by atoms with E-state index in [1.165, 1.54) is 12.5 Å². The van der Waals surface area contributed by atoms with Crippen LogP contribution in [0.5, 0.6) is 0 Å².